The maximum atomic E-state index is 9.88. The van der Waals surface area contributed by atoms with E-state index in [4.69, 9.17) is 13.9 Å². The number of hydrogen-bond acceptors (Lipinski definition) is 4. The highest BCUT2D eigenvalue weighted by Crippen LogP contribution is 2.39. The van der Waals surface area contributed by atoms with E-state index in [1.807, 2.05) is 13.0 Å². The lowest BCUT2D eigenvalue weighted by Gasteiger charge is -2.43. The summed E-state index contributed by atoms with van der Waals surface area (Å²) in [4.78, 5) is 0. The van der Waals surface area contributed by atoms with Gasteiger partial charge in [-0.25, -0.2) is 0 Å². The van der Waals surface area contributed by atoms with Crippen LogP contribution in [0.4, 0.5) is 0 Å². The van der Waals surface area contributed by atoms with Gasteiger partial charge in [0.15, 0.2) is 0 Å². The van der Waals surface area contributed by atoms with Crippen molar-refractivity contribution in [3.8, 4) is 11.5 Å². The number of methoxy groups -OCH3 is 2. The van der Waals surface area contributed by atoms with E-state index in [9.17, 15) is 5.11 Å². The van der Waals surface area contributed by atoms with Gasteiger partial charge in [-0.3, -0.25) is 0 Å². The molecule has 3 aromatic rings. The largest absolute Gasteiger partial charge is 0.496 e. The highest BCUT2D eigenvalue weighted by Gasteiger charge is 2.50. The summed E-state index contributed by atoms with van der Waals surface area (Å²) in [5, 5.41) is 12.3. The van der Waals surface area contributed by atoms with Crippen LogP contribution in [0.1, 0.15) is 50.7 Å². The zero-order chi connectivity index (χ0) is 25.5. The van der Waals surface area contributed by atoms with Crippen molar-refractivity contribution in [3.05, 3.63) is 83.9 Å². The SMILES string of the molecule is COc1cc([C@H](CCO)CCO[Si](c2ccccc2)(c2ccccc2)C(C)(C)C)c(OC)cc1C. The first-order valence-electron chi connectivity index (χ1n) is 12.4. The third kappa shape index (κ3) is 5.80. The van der Waals surface area contributed by atoms with E-state index in [-0.39, 0.29) is 17.6 Å². The van der Waals surface area contributed by atoms with Gasteiger partial charge in [-0.05, 0) is 58.8 Å². The first-order chi connectivity index (χ1) is 16.8. The van der Waals surface area contributed by atoms with Crippen molar-refractivity contribution in [2.75, 3.05) is 27.4 Å². The molecule has 1 atom stereocenters. The molecule has 0 unspecified atom stereocenters. The molecule has 188 valence electrons. The highest BCUT2D eigenvalue weighted by atomic mass is 28.4. The van der Waals surface area contributed by atoms with Crippen LogP contribution in [-0.2, 0) is 4.43 Å². The lowest BCUT2D eigenvalue weighted by molar-refractivity contribution is 0.243. The van der Waals surface area contributed by atoms with Gasteiger partial charge in [0, 0.05) is 18.8 Å². The summed E-state index contributed by atoms with van der Waals surface area (Å²) in [6, 6.07) is 25.5. The molecule has 0 saturated heterocycles. The molecule has 0 aliphatic rings. The van der Waals surface area contributed by atoms with Gasteiger partial charge in [0.2, 0.25) is 0 Å². The minimum atomic E-state index is -2.61. The molecule has 0 spiro atoms. The Kier molecular flexibility index (Phi) is 9.17. The number of aliphatic hydroxyl groups is 1. The van der Waals surface area contributed by atoms with Crippen molar-refractivity contribution in [2.24, 2.45) is 0 Å². The second kappa shape index (κ2) is 11.9. The maximum Gasteiger partial charge on any atom is 0.261 e. The van der Waals surface area contributed by atoms with Crippen LogP contribution in [-0.4, -0.2) is 40.9 Å². The van der Waals surface area contributed by atoms with E-state index in [1.54, 1.807) is 14.2 Å². The Balaban J connectivity index is 1.98. The molecule has 4 nitrogen and oxygen atoms in total. The number of hydrogen-bond donors (Lipinski definition) is 1. The van der Waals surface area contributed by atoms with Gasteiger partial charge in [0.1, 0.15) is 11.5 Å². The van der Waals surface area contributed by atoms with Gasteiger partial charge < -0.3 is 19.0 Å². The second-order valence-corrected chi connectivity index (χ2v) is 14.4. The van der Waals surface area contributed by atoms with Gasteiger partial charge in [0.05, 0.1) is 14.2 Å². The predicted octanol–water partition coefficient (Wildman–Crippen LogP) is 5.44. The molecular formula is C30H40O4Si. The molecule has 0 radical (unpaired) electrons. The monoisotopic (exact) mass is 492 g/mol. The van der Waals surface area contributed by atoms with Crippen LogP contribution in [0.3, 0.4) is 0 Å². The second-order valence-electron chi connectivity index (χ2n) is 10.1. The van der Waals surface area contributed by atoms with Gasteiger partial charge in [-0.2, -0.15) is 0 Å². The highest BCUT2D eigenvalue weighted by molar-refractivity contribution is 6.99. The molecule has 0 saturated carbocycles. The molecule has 0 amide bonds. The molecule has 0 bridgehead atoms. The van der Waals surface area contributed by atoms with E-state index in [0.29, 0.717) is 13.0 Å². The quantitative estimate of drug-likeness (QED) is 0.362. The topological polar surface area (TPSA) is 47.9 Å². The van der Waals surface area contributed by atoms with Gasteiger partial charge in [-0.15, -0.1) is 0 Å². The molecular weight excluding hydrogens is 452 g/mol. The van der Waals surface area contributed by atoms with Crippen molar-refractivity contribution in [1.29, 1.82) is 0 Å². The van der Waals surface area contributed by atoms with Crippen LogP contribution < -0.4 is 19.8 Å². The molecule has 5 heteroatoms. The molecule has 35 heavy (non-hydrogen) atoms. The van der Waals surface area contributed by atoms with Gasteiger partial charge >= 0.3 is 0 Å². The molecule has 1 N–H and O–H groups in total. The van der Waals surface area contributed by atoms with E-state index in [1.165, 1.54) is 10.4 Å². The lowest BCUT2D eigenvalue weighted by atomic mass is 9.91. The number of ether oxygens (including phenoxy) is 2. The van der Waals surface area contributed by atoms with Crippen LogP contribution in [0.2, 0.25) is 5.04 Å². The third-order valence-corrected chi connectivity index (χ3v) is 11.9. The fraction of sp³-hybridized carbons (Fsp3) is 0.400. The number of benzene rings is 3. The van der Waals surface area contributed by atoms with E-state index >= 15 is 0 Å². The Labute approximate surface area is 212 Å². The molecule has 0 aromatic heterocycles. The standard InChI is InChI=1S/C30H40O4Si/c1-23-21-29(33-6)27(22-28(23)32-5)24(17-19-31)18-20-34-35(30(2,3)4,25-13-9-7-10-14-25)26-15-11-8-12-16-26/h7-16,21-22,24,31H,17-20H2,1-6H3/t24-/m1/s1. The Morgan fingerprint density at radius 2 is 1.34 bits per heavy atom. The molecule has 0 heterocycles. The summed E-state index contributed by atoms with van der Waals surface area (Å²) < 4.78 is 18.4. The van der Waals surface area contributed by atoms with Crippen molar-refractivity contribution in [2.45, 2.75) is 51.5 Å². The fourth-order valence-electron chi connectivity index (χ4n) is 5.12. The van der Waals surface area contributed by atoms with Crippen molar-refractivity contribution in [3.63, 3.8) is 0 Å². The summed E-state index contributed by atoms with van der Waals surface area (Å²) >= 11 is 0. The molecule has 0 fully saturated rings. The summed E-state index contributed by atoms with van der Waals surface area (Å²) in [7, 11) is 0.773. The Morgan fingerprint density at radius 3 is 1.80 bits per heavy atom. The van der Waals surface area contributed by atoms with E-state index in [0.717, 1.165) is 29.0 Å². The number of aryl methyl sites for hydroxylation is 1. The average molecular weight is 493 g/mol. The Morgan fingerprint density at radius 1 is 0.800 bits per heavy atom. The Bertz CT molecular complexity index is 1020. The zero-order valence-corrected chi connectivity index (χ0v) is 23.0. The van der Waals surface area contributed by atoms with Gasteiger partial charge in [-0.1, -0.05) is 81.4 Å². The van der Waals surface area contributed by atoms with Crippen molar-refractivity contribution >= 4 is 18.7 Å². The third-order valence-electron chi connectivity index (χ3n) is 6.87. The number of aliphatic hydroxyl groups excluding tert-OH is 1. The molecule has 3 aromatic carbocycles. The van der Waals surface area contributed by atoms with Crippen molar-refractivity contribution < 1.29 is 19.0 Å². The first-order valence-corrected chi connectivity index (χ1v) is 14.3. The summed E-state index contributed by atoms with van der Waals surface area (Å²) in [5.74, 6) is 1.74. The van der Waals surface area contributed by atoms with Crippen LogP contribution >= 0.6 is 0 Å². The van der Waals surface area contributed by atoms with Crippen LogP contribution in [0.25, 0.3) is 0 Å². The lowest BCUT2D eigenvalue weighted by Crippen LogP contribution is -2.66. The summed E-state index contributed by atoms with van der Waals surface area (Å²) in [6.07, 6.45) is 1.40. The average Bonchev–Trinajstić information content (AvgIpc) is 2.86. The van der Waals surface area contributed by atoms with E-state index in [2.05, 4.69) is 87.5 Å². The zero-order valence-electron chi connectivity index (χ0n) is 22.0. The molecule has 3 rings (SSSR count). The summed E-state index contributed by atoms with van der Waals surface area (Å²) in [5.41, 5.74) is 2.08. The summed E-state index contributed by atoms with van der Waals surface area (Å²) in [6.45, 7) is 9.56. The van der Waals surface area contributed by atoms with E-state index < -0.39 is 8.32 Å². The first kappa shape index (κ1) is 27.0. The smallest absolute Gasteiger partial charge is 0.261 e. The maximum absolute atomic E-state index is 9.88. The Hall–Kier alpha value is -2.60. The van der Waals surface area contributed by atoms with Crippen LogP contribution in [0, 0.1) is 6.92 Å². The fourth-order valence-corrected chi connectivity index (χ4v) is 9.70. The molecule has 0 aliphatic heterocycles. The minimum Gasteiger partial charge on any atom is -0.496 e. The van der Waals surface area contributed by atoms with Crippen LogP contribution in [0.15, 0.2) is 72.8 Å². The van der Waals surface area contributed by atoms with Gasteiger partial charge in [0.25, 0.3) is 8.32 Å². The van der Waals surface area contributed by atoms with Crippen LogP contribution in [0.5, 0.6) is 11.5 Å². The minimum absolute atomic E-state index is 0.0764. The normalized spacial score (nSPS) is 12.9. The molecule has 0 aliphatic carbocycles. The number of rotatable bonds is 11. The van der Waals surface area contributed by atoms with Crippen molar-refractivity contribution in [1.82, 2.24) is 0 Å². The predicted molar refractivity (Wildman–Crippen MR) is 147 cm³/mol.